The first kappa shape index (κ1) is 47.9. The van der Waals surface area contributed by atoms with E-state index in [0.29, 0.717) is 135 Å². The largest absolute Gasteiger partial charge is 0.493 e. The van der Waals surface area contributed by atoms with Gasteiger partial charge in [-0.25, -0.2) is 0 Å². The summed E-state index contributed by atoms with van der Waals surface area (Å²) in [4.78, 5) is 60.9. The number of nitrogens with one attached hydrogen (secondary N) is 2. The molecule has 4 aliphatic heterocycles. The molecule has 2 N–H and O–H groups in total. The Hall–Kier alpha value is -6.60. The van der Waals surface area contributed by atoms with Gasteiger partial charge in [0.2, 0.25) is 11.5 Å². The Morgan fingerprint density at radius 1 is 0.456 bits per heavy atom. The molecular formula is C50H58N4O14. The lowest BCUT2D eigenvalue weighted by atomic mass is 9.94. The van der Waals surface area contributed by atoms with Gasteiger partial charge in [0.15, 0.2) is 34.6 Å². The predicted molar refractivity (Wildman–Crippen MR) is 246 cm³/mol. The average Bonchev–Trinajstić information content (AvgIpc) is 4.05. The van der Waals surface area contributed by atoms with Gasteiger partial charge in [0.05, 0.1) is 69.1 Å². The second kappa shape index (κ2) is 20.7. The first-order valence-corrected chi connectivity index (χ1v) is 22.5. The highest BCUT2D eigenvalue weighted by Gasteiger charge is 2.42. The number of benzene rings is 4. The van der Waals surface area contributed by atoms with Crippen LogP contribution in [0.15, 0.2) is 60.7 Å². The molecule has 4 fully saturated rings. The van der Waals surface area contributed by atoms with Crippen LogP contribution >= 0.6 is 0 Å². The van der Waals surface area contributed by atoms with Crippen molar-refractivity contribution in [1.29, 1.82) is 0 Å². The second-order valence-corrected chi connectivity index (χ2v) is 16.8. The molecule has 8 rings (SSSR count). The SMILES string of the molecule is COc1cc(CNC(=O)c2cc(C(=O)NCc3cc(OC)c(OC)c(OC)c3)cc(-c3cc(C(=O)N4CCC5(CC4)OCCO5)cc(C(=O)N4CCC5(CC4)OCCO5)c3)c2)cc(OC)c1OC. The summed E-state index contributed by atoms with van der Waals surface area (Å²) in [5.74, 6) is -0.491. The zero-order valence-corrected chi connectivity index (χ0v) is 39.3. The van der Waals surface area contributed by atoms with Gasteiger partial charge in [0.1, 0.15) is 0 Å². The van der Waals surface area contributed by atoms with Crippen LogP contribution in [0.5, 0.6) is 34.5 Å². The fraction of sp³-hybridized carbons (Fsp3) is 0.440. The van der Waals surface area contributed by atoms with Crippen LogP contribution in [0.4, 0.5) is 0 Å². The molecule has 0 bridgehead atoms. The van der Waals surface area contributed by atoms with E-state index in [1.807, 2.05) is 0 Å². The minimum absolute atomic E-state index is 0.0610. The predicted octanol–water partition coefficient (Wildman–Crippen LogP) is 5.22. The van der Waals surface area contributed by atoms with Crippen molar-refractivity contribution in [2.75, 3.05) is 95.3 Å². The van der Waals surface area contributed by atoms with E-state index in [9.17, 15) is 19.2 Å². The molecule has 0 saturated carbocycles. The van der Waals surface area contributed by atoms with Crippen molar-refractivity contribution < 1.29 is 66.5 Å². The molecule has 4 aromatic carbocycles. The molecule has 4 saturated heterocycles. The molecule has 0 atom stereocenters. The van der Waals surface area contributed by atoms with Crippen LogP contribution in [-0.2, 0) is 32.0 Å². The monoisotopic (exact) mass is 938 g/mol. The van der Waals surface area contributed by atoms with Crippen molar-refractivity contribution in [1.82, 2.24) is 20.4 Å². The Balaban J connectivity index is 1.15. The van der Waals surface area contributed by atoms with Crippen LogP contribution in [0.1, 0.15) is 78.2 Å². The molecule has 362 valence electrons. The van der Waals surface area contributed by atoms with Crippen LogP contribution < -0.4 is 39.1 Å². The van der Waals surface area contributed by atoms with Crippen LogP contribution in [0, 0.1) is 0 Å². The van der Waals surface area contributed by atoms with E-state index in [1.54, 1.807) is 64.4 Å². The summed E-state index contributed by atoms with van der Waals surface area (Å²) < 4.78 is 56.7. The number of likely N-dealkylation sites (tertiary alicyclic amines) is 2. The van der Waals surface area contributed by atoms with Crippen LogP contribution in [0.3, 0.4) is 0 Å². The van der Waals surface area contributed by atoms with Gasteiger partial charge in [-0.1, -0.05) is 0 Å². The third-order valence-electron chi connectivity index (χ3n) is 12.8. The highest BCUT2D eigenvalue weighted by Crippen LogP contribution is 2.40. The molecule has 4 aliphatic rings. The molecule has 4 aromatic rings. The highest BCUT2D eigenvalue weighted by molar-refractivity contribution is 6.04. The minimum Gasteiger partial charge on any atom is -0.493 e. The summed E-state index contributed by atoms with van der Waals surface area (Å²) in [5.41, 5.74) is 3.03. The lowest BCUT2D eigenvalue weighted by Crippen LogP contribution is -2.47. The van der Waals surface area contributed by atoms with Gasteiger partial charge in [-0.3, -0.25) is 19.2 Å². The molecule has 18 nitrogen and oxygen atoms in total. The summed E-state index contributed by atoms with van der Waals surface area (Å²) in [7, 11) is 9.03. The van der Waals surface area contributed by atoms with E-state index in [1.165, 1.54) is 48.7 Å². The molecule has 0 radical (unpaired) electrons. The Morgan fingerprint density at radius 3 is 1.07 bits per heavy atom. The number of ether oxygens (including phenoxy) is 10. The number of nitrogens with zero attached hydrogens (tertiary/aromatic N) is 2. The van der Waals surface area contributed by atoms with Gasteiger partial charge in [0, 0.05) is 87.2 Å². The summed E-state index contributed by atoms with van der Waals surface area (Å²) >= 11 is 0. The van der Waals surface area contributed by atoms with E-state index >= 15 is 0 Å². The fourth-order valence-corrected chi connectivity index (χ4v) is 9.18. The summed E-state index contributed by atoms with van der Waals surface area (Å²) in [6, 6.07) is 16.7. The van der Waals surface area contributed by atoms with Crippen molar-refractivity contribution in [2.45, 2.75) is 50.3 Å². The molecule has 18 heteroatoms. The average molecular weight is 939 g/mol. The quantitative estimate of drug-likeness (QED) is 0.158. The number of amides is 4. The van der Waals surface area contributed by atoms with E-state index in [4.69, 9.17) is 47.4 Å². The zero-order chi connectivity index (χ0) is 48.0. The molecule has 0 aromatic heterocycles. The third kappa shape index (κ3) is 10.1. The number of rotatable bonds is 15. The van der Waals surface area contributed by atoms with Gasteiger partial charge >= 0.3 is 0 Å². The van der Waals surface area contributed by atoms with Crippen molar-refractivity contribution in [3.63, 3.8) is 0 Å². The lowest BCUT2D eigenvalue weighted by molar-refractivity contribution is -0.182. The van der Waals surface area contributed by atoms with E-state index in [-0.39, 0.29) is 47.2 Å². The summed E-state index contributed by atoms with van der Waals surface area (Å²) in [6.45, 7) is 3.69. The molecular weight excluding hydrogens is 881 g/mol. The van der Waals surface area contributed by atoms with E-state index in [0.717, 1.165) is 0 Å². The molecule has 68 heavy (non-hydrogen) atoms. The van der Waals surface area contributed by atoms with Crippen molar-refractivity contribution in [3.8, 4) is 45.6 Å². The van der Waals surface area contributed by atoms with E-state index in [2.05, 4.69) is 10.6 Å². The first-order valence-electron chi connectivity index (χ1n) is 22.5. The smallest absolute Gasteiger partial charge is 0.253 e. The highest BCUT2D eigenvalue weighted by atomic mass is 16.7. The van der Waals surface area contributed by atoms with Gasteiger partial charge in [-0.05, 0) is 82.9 Å². The van der Waals surface area contributed by atoms with Crippen LogP contribution in [-0.4, -0.2) is 140 Å². The summed E-state index contributed by atoms with van der Waals surface area (Å²) in [6.07, 6.45) is 2.02. The molecule has 2 spiro atoms. The van der Waals surface area contributed by atoms with Crippen LogP contribution in [0.2, 0.25) is 0 Å². The van der Waals surface area contributed by atoms with Gasteiger partial charge < -0.3 is 67.8 Å². The summed E-state index contributed by atoms with van der Waals surface area (Å²) in [5, 5.41) is 5.91. The lowest BCUT2D eigenvalue weighted by Gasteiger charge is -2.38. The Bertz CT molecular complexity index is 2300. The van der Waals surface area contributed by atoms with E-state index < -0.39 is 23.4 Å². The molecule has 0 aliphatic carbocycles. The van der Waals surface area contributed by atoms with Crippen molar-refractivity contribution in [2.24, 2.45) is 0 Å². The van der Waals surface area contributed by atoms with Crippen molar-refractivity contribution >= 4 is 23.6 Å². The third-order valence-corrected chi connectivity index (χ3v) is 12.8. The number of carbonyl (C=O) groups is 4. The van der Waals surface area contributed by atoms with Crippen LogP contribution in [0.25, 0.3) is 11.1 Å². The number of hydrogen-bond donors (Lipinski definition) is 2. The Kier molecular flexibility index (Phi) is 14.6. The maximum atomic E-state index is 14.5. The standard InChI is InChI=1S/C50H58N4O14/c1-59-39-19-31(20-40(60-2)43(39)63-5)29-51-45(55)35-23-33(24-36(27-35)46(56)52-30-32-21-41(61-3)44(64-6)42(22-32)62-4)34-25-37(47(57)53-11-7-49(8-12-53)65-15-16-66-49)28-38(26-34)48(58)54-13-9-50(10-14-54)67-17-18-68-50/h19-28H,7-18,29-30H2,1-6H3,(H,51,55)(H,52,56). The Morgan fingerprint density at radius 2 is 0.765 bits per heavy atom. The van der Waals surface area contributed by atoms with Gasteiger partial charge in [-0.2, -0.15) is 0 Å². The fourth-order valence-electron chi connectivity index (χ4n) is 9.18. The molecule has 4 amide bonds. The molecule has 4 heterocycles. The molecule has 0 unspecified atom stereocenters. The number of methoxy groups -OCH3 is 6. The maximum absolute atomic E-state index is 14.5. The second-order valence-electron chi connectivity index (χ2n) is 16.8. The zero-order valence-electron chi connectivity index (χ0n) is 39.3. The van der Waals surface area contributed by atoms with Gasteiger partial charge in [0.25, 0.3) is 23.6 Å². The number of piperidine rings is 2. The van der Waals surface area contributed by atoms with Crippen molar-refractivity contribution in [3.05, 3.63) is 94.0 Å². The normalized spacial score (nSPS) is 17.1. The van der Waals surface area contributed by atoms with Gasteiger partial charge in [-0.15, -0.1) is 0 Å². The first-order chi connectivity index (χ1) is 32.9. The topological polar surface area (TPSA) is 191 Å². The minimum atomic E-state index is -0.701. The Labute approximate surface area is 394 Å². The maximum Gasteiger partial charge on any atom is 0.253 e. The number of carbonyl (C=O) groups excluding carboxylic acids is 4. The number of hydrogen-bond acceptors (Lipinski definition) is 14.